The minimum absolute atomic E-state index is 0.160. The minimum Gasteiger partial charge on any atom is -0.494 e. The number of hydrogen-bond donors (Lipinski definition) is 2. The van der Waals surface area contributed by atoms with Crippen LogP contribution in [0.5, 0.6) is 5.75 Å². The number of fused-ring (bicyclic) bond motifs is 1. The fourth-order valence-electron chi connectivity index (χ4n) is 3.79. The number of carbonyl (C=O) groups is 2. The third kappa shape index (κ3) is 5.44. The van der Waals surface area contributed by atoms with Gasteiger partial charge in [-0.05, 0) is 69.3 Å². The summed E-state index contributed by atoms with van der Waals surface area (Å²) in [5.41, 5.74) is -0.570. The molecule has 8 nitrogen and oxygen atoms in total. The molecule has 2 aromatic carbocycles. The highest BCUT2D eigenvalue weighted by Crippen LogP contribution is 2.31. The monoisotopic (exact) mass is 506 g/mol. The Morgan fingerprint density at radius 2 is 1.76 bits per heavy atom. The van der Waals surface area contributed by atoms with Gasteiger partial charge in [0, 0.05) is 22.1 Å². The third-order valence-corrected chi connectivity index (χ3v) is 5.69. The molecule has 10 heteroatoms. The average Bonchev–Trinajstić information content (AvgIpc) is 2.86. The molecule has 0 fully saturated rings. The molecule has 0 aliphatic heterocycles. The predicted molar refractivity (Wildman–Crippen MR) is 132 cm³/mol. The van der Waals surface area contributed by atoms with Crippen LogP contribution in [0.2, 0.25) is 0 Å². The SMILES string of the molecule is COc1cc(C(=O)NCC(=O)c2cc(C(C)(C)O)c(F)c(-c3ccc(F)cc3)n2)cc2cc(C)nnc12. The van der Waals surface area contributed by atoms with Crippen LogP contribution in [0, 0.1) is 18.6 Å². The second kappa shape index (κ2) is 9.98. The van der Waals surface area contributed by atoms with Gasteiger partial charge in [-0.1, -0.05) is 0 Å². The summed E-state index contributed by atoms with van der Waals surface area (Å²) >= 11 is 0. The fourth-order valence-corrected chi connectivity index (χ4v) is 3.79. The summed E-state index contributed by atoms with van der Waals surface area (Å²) in [6.45, 7) is 4.06. The van der Waals surface area contributed by atoms with Gasteiger partial charge in [0.2, 0.25) is 0 Å². The van der Waals surface area contributed by atoms with Gasteiger partial charge in [-0.25, -0.2) is 13.8 Å². The van der Waals surface area contributed by atoms with E-state index in [2.05, 4.69) is 20.5 Å². The Kier molecular flexibility index (Phi) is 6.95. The van der Waals surface area contributed by atoms with Crippen LogP contribution in [0.3, 0.4) is 0 Å². The molecule has 4 aromatic rings. The molecule has 0 bridgehead atoms. The van der Waals surface area contributed by atoms with Gasteiger partial charge < -0.3 is 15.2 Å². The molecule has 190 valence electrons. The highest BCUT2D eigenvalue weighted by molar-refractivity contribution is 6.03. The molecule has 0 unspecified atom stereocenters. The zero-order valence-corrected chi connectivity index (χ0v) is 20.6. The maximum atomic E-state index is 15.2. The van der Waals surface area contributed by atoms with Gasteiger partial charge in [0.15, 0.2) is 11.6 Å². The molecule has 0 saturated heterocycles. The van der Waals surface area contributed by atoms with E-state index >= 15 is 4.39 Å². The van der Waals surface area contributed by atoms with Crippen LogP contribution in [0.15, 0.2) is 48.5 Å². The lowest BCUT2D eigenvalue weighted by Crippen LogP contribution is -2.30. The molecule has 0 atom stereocenters. The van der Waals surface area contributed by atoms with Gasteiger partial charge in [-0.2, -0.15) is 5.10 Å². The number of rotatable bonds is 7. The first-order chi connectivity index (χ1) is 17.5. The number of aliphatic hydroxyl groups is 1. The Labute approximate surface area is 211 Å². The van der Waals surface area contributed by atoms with Crippen molar-refractivity contribution >= 4 is 22.6 Å². The molecule has 4 rings (SSSR count). The molecule has 0 saturated carbocycles. The summed E-state index contributed by atoms with van der Waals surface area (Å²) in [7, 11) is 1.45. The van der Waals surface area contributed by atoms with Crippen molar-refractivity contribution in [3.8, 4) is 17.0 Å². The fraction of sp³-hybridized carbons (Fsp3) is 0.222. The van der Waals surface area contributed by atoms with Crippen molar-refractivity contribution in [3.05, 3.63) is 82.7 Å². The van der Waals surface area contributed by atoms with Crippen molar-refractivity contribution in [3.63, 3.8) is 0 Å². The number of carbonyl (C=O) groups excluding carboxylic acids is 2. The zero-order chi connectivity index (χ0) is 26.9. The summed E-state index contributed by atoms with van der Waals surface area (Å²) in [6, 6.07) is 10.9. The van der Waals surface area contributed by atoms with Crippen LogP contribution in [-0.4, -0.2) is 45.6 Å². The number of aromatic nitrogens is 3. The lowest BCUT2D eigenvalue weighted by Gasteiger charge is -2.21. The number of ether oxygens (including phenoxy) is 1. The van der Waals surface area contributed by atoms with Crippen molar-refractivity contribution in [1.29, 1.82) is 0 Å². The van der Waals surface area contributed by atoms with E-state index in [0.29, 0.717) is 22.3 Å². The maximum absolute atomic E-state index is 15.2. The Bertz CT molecular complexity index is 1520. The van der Waals surface area contributed by atoms with Crippen LogP contribution in [-0.2, 0) is 5.60 Å². The highest BCUT2D eigenvalue weighted by atomic mass is 19.1. The first kappa shape index (κ1) is 25.8. The number of amides is 1. The Morgan fingerprint density at radius 3 is 2.41 bits per heavy atom. The van der Waals surface area contributed by atoms with Crippen molar-refractivity contribution in [2.45, 2.75) is 26.4 Å². The predicted octanol–water partition coefficient (Wildman–Crippen LogP) is 4.13. The number of ketones is 1. The number of hydrogen-bond acceptors (Lipinski definition) is 7. The second-order valence-electron chi connectivity index (χ2n) is 8.99. The van der Waals surface area contributed by atoms with Crippen LogP contribution in [0.4, 0.5) is 8.78 Å². The zero-order valence-electron chi connectivity index (χ0n) is 20.6. The molecule has 0 radical (unpaired) electrons. The molecule has 2 N–H and O–H groups in total. The lowest BCUT2D eigenvalue weighted by molar-refractivity contribution is 0.0742. The number of benzene rings is 2. The minimum atomic E-state index is -1.64. The lowest BCUT2D eigenvalue weighted by atomic mass is 9.94. The number of aryl methyl sites for hydroxylation is 1. The van der Waals surface area contributed by atoms with E-state index in [1.165, 1.54) is 39.2 Å². The Hall–Kier alpha value is -4.31. The van der Waals surface area contributed by atoms with E-state index in [9.17, 15) is 19.1 Å². The second-order valence-corrected chi connectivity index (χ2v) is 8.99. The molecule has 0 aliphatic rings. The van der Waals surface area contributed by atoms with E-state index in [4.69, 9.17) is 4.74 Å². The molecular weight excluding hydrogens is 482 g/mol. The summed E-state index contributed by atoms with van der Waals surface area (Å²) < 4.78 is 34.0. The van der Waals surface area contributed by atoms with Crippen molar-refractivity contribution < 1.29 is 28.2 Å². The van der Waals surface area contributed by atoms with Crippen molar-refractivity contribution in [1.82, 2.24) is 20.5 Å². The molecule has 1 amide bonds. The van der Waals surface area contributed by atoms with Gasteiger partial charge in [0.05, 0.1) is 24.9 Å². The molecule has 2 aromatic heterocycles. The van der Waals surface area contributed by atoms with Crippen LogP contribution >= 0.6 is 0 Å². The summed E-state index contributed by atoms with van der Waals surface area (Å²) in [6.07, 6.45) is 0. The summed E-state index contributed by atoms with van der Waals surface area (Å²) in [5.74, 6) is -2.17. The summed E-state index contributed by atoms with van der Waals surface area (Å²) in [4.78, 5) is 30.0. The molecule has 2 heterocycles. The smallest absolute Gasteiger partial charge is 0.251 e. The number of Topliss-reactive ketones (excluding diaryl/α,β-unsaturated/α-hetero) is 1. The summed E-state index contributed by atoms with van der Waals surface area (Å²) in [5, 5.41) is 21.8. The van der Waals surface area contributed by atoms with E-state index in [-0.39, 0.29) is 28.1 Å². The first-order valence-electron chi connectivity index (χ1n) is 11.3. The van der Waals surface area contributed by atoms with Gasteiger partial charge in [-0.15, -0.1) is 5.10 Å². The van der Waals surface area contributed by atoms with Crippen LogP contribution in [0.25, 0.3) is 22.2 Å². The van der Waals surface area contributed by atoms with E-state index < -0.39 is 35.5 Å². The highest BCUT2D eigenvalue weighted by Gasteiger charge is 2.27. The topological polar surface area (TPSA) is 114 Å². The van der Waals surface area contributed by atoms with Crippen molar-refractivity contribution in [2.75, 3.05) is 13.7 Å². The largest absolute Gasteiger partial charge is 0.494 e. The molecule has 0 spiro atoms. The standard InChI is InChI=1S/C27H24F2N4O4/c1-14-9-16-10-17(11-22(37-4)24(16)33-32-14)26(35)30-13-21(34)20-12-19(27(2,3)36)23(29)25(31-20)15-5-7-18(28)8-6-15/h5-12,36H,13H2,1-4H3,(H,30,35). The quantitative estimate of drug-likeness (QED) is 0.362. The third-order valence-electron chi connectivity index (χ3n) is 5.69. The van der Waals surface area contributed by atoms with E-state index in [1.807, 2.05) is 0 Å². The number of halogens is 2. The molecule has 0 aliphatic carbocycles. The Morgan fingerprint density at radius 1 is 1.05 bits per heavy atom. The number of pyridine rings is 1. The van der Waals surface area contributed by atoms with Crippen LogP contribution < -0.4 is 10.1 Å². The normalized spacial score (nSPS) is 11.4. The number of nitrogens with zero attached hydrogens (tertiary/aromatic N) is 3. The van der Waals surface area contributed by atoms with Crippen LogP contribution in [0.1, 0.15) is 46.0 Å². The van der Waals surface area contributed by atoms with E-state index in [0.717, 1.165) is 18.2 Å². The maximum Gasteiger partial charge on any atom is 0.251 e. The van der Waals surface area contributed by atoms with Gasteiger partial charge >= 0.3 is 0 Å². The number of methoxy groups -OCH3 is 1. The molecule has 37 heavy (non-hydrogen) atoms. The first-order valence-corrected chi connectivity index (χ1v) is 11.3. The van der Waals surface area contributed by atoms with E-state index in [1.54, 1.807) is 19.1 Å². The van der Waals surface area contributed by atoms with Gasteiger partial charge in [0.1, 0.15) is 28.5 Å². The van der Waals surface area contributed by atoms with Gasteiger partial charge in [0.25, 0.3) is 5.91 Å². The van der Waals surface area contributed by atoms with Gasteiger partial charge in [-0.3, -0.25) is 9.59 Å². The molecular formula is C27H24F2N4O4. The number of nitrogens with one attached hydrogen (secondary N) is 1. The van der Waals surface area contributed by atoms with Crippen molar-refractivity contribution in [2.24, 2.45) is 0 Å². The average molecular weight is 507 g/mol. The Balaban J connectivity index is 1.63.